The van der Waals surface area contributed by atoms with Crippen LogP contribution in [0.2, 0.25) is 0 Å². The highest BCUT2D eigenvalue weighted by atomic mass is 79.9. The van der Waals surface area contributed by atoms with Crippen LogP contribution in [0.15, 0.2) is 41.4 Å². The van der Waals surface area contributed by atoms with Crippen LogP contribution in [0.25, 0.3) is 6.08 Å². The van der Waals surface area contributed by atoms with Crippen molar-refractivity contribution in [1.29, 1.82) is 0 Å². The molecule has 0 aliphatic carbocycles. The van der Waals surface area contributed by atoms with Gasteiger partial charge in [-0.1, -0.05) is 40.7 Å². The van der Waals surface area contributed by atoms with E-state index in [-0.39, 0.29) is 0 Å². The standard InChI is InChI=1S/C11H11BrO/c1-9(12)3-4-10-5-7-11(13-2)8-6-10/h3-8H,1H2,2H3/b4-3+. The molecule has 1 aromatic carbocycles. The summed E-state index contributed by atoms with van der Waals surface area (Å²) in [6, 6.07) is 7.84. The Morgan fingerprint density at radius 1 is 1.38 bits per heavy atom. The van der Waals surface area contributed by atoms with Crippen LogP contribution in [-0.4, -0.2) is 7.11 Å². The van der Waals surface area contributed by atoms with Gasteiger partial charge >= 0.3 is 0 Å². The first kappa shape index (κ1) is 10.1. The number of methoxy groups -OCH3 is 1. The molecule has 0 amide bonds. The number of ether oxygens (including phenoxy) is 1. The van der Waals surface area contributed by atoms with E-state index in [9.17, 15) is 0 Å². The summed E-state index contributed by atoms with van der Waals surface area (Å²) in [4.78, 5) is 0. The van der Waals surface area contributed by atoms with E-state index in [0.717, 1.165) is 15.8 Å². The van der Waals surface area contributed by atoms with Crippen LogP contribution >= 0.6 is 15.9 Å². The van der Waals surface area contributed by atoms with Gasteiger partial charge in [-0.05, 0) is 23.8 Å². The van der Waals surface area contributed by atoms with Crippen molar-refractivity contribution >= 4 is 22.0 Å². The van der Waals surface area contributed by atoms with Crippen molar-refractivity contribution in [3.8, 4) is 5.75 Å². The summed E-state index contributed by atoms with van der Waals surface area (Å²) in [5.41, 5.74) is 1.13. The highest BCUT2D eigenvalue weighted by Crippen LogP contribution is 2.13. The van der Waals surface area contributed by atoms with Gasteiger partial charge in [0.2, 0.25) is 0 Å². The van der Waals surface area contributed by atoms with Gasteiger partial charge in [0.25, 0.3) is 0 Å². The number of allylic oxidation sites excluding steroid dienone is 2. The van der Waals surface area contributed by atoms with Crippen LogP contribution in [0.4, 0.5) is 0 Å². The second kappa shape index (κ2) is 4.87. The van der Waals surface area contributed by atoms with E-state index in [1.165, 1.54) is 0 Å². The van der Waals surface area contributed by atoms with Gasteiger partial charge in [-0.15, -0.1) is 0 Å². The van der Waals surface area contributed by atoms with E-state index < -0.39 is 0 Å². The summed E-state index contributed by atoms with van der Waals surface area (Å²) in [7, 11) is 1.66. The monoisotopic (exact) mass is 238 g/mol. The summed E-state index contributed by atoms with van der Waals surface area (Å²) < 4.78 is 5.91. The number of halogens is 1. The van der Waals surface area contributed by atoms with Gasteiger partial charge in [-0.2, -0.15) is 0 Å². The van der Waals surface area contributed by atoms with Crippen molar-refractivity contribution in [1.82, 2.24) is 0 Å². The average Bonchev–Trinajstić information content (AvgIpc) is 2.15. The van der Waals surface area contributed by atoms with Crippen LogP contribution in [0, 0.1) is 0 Å². The zero-order valence-corrected chi connectivity index (χ0v) is 9.04. The lowest BCUT2D eigenvalue weighted by Gasteiger charge is -1.98. The summed E-state index contributed by atoms with van der Waals surface area (Å²) in [5, 5.41) is 0. The number of hydrogen-bond acceptors (Lipinski definition) is 1. The molecule has 0 spiro atoms. The van der Waals surface area contributed by atoms with Gasteiger partial charge < -0.3 is 4.74 Å². The lowest BCUT2D eigenvalue weighted by Crippen LogP contribution is -1.81. The van der Waals surface area contributed by atoms with Crippen LogP contribution in [0.3, 0.4) is 0 Å². The van der Waals surface area contributed by atoms with Gasteiger partial charge in [0, 0.05) is 4.48 Å². The molecule has 2 heteroatoms. The van der Waals surface area contributed by atoms with Crippen molar-refractivity contribution < 1.29 is 4.74 Å². The van der Waals surface area contributed by atoms with Crippen LogP contribution in [-0.2, 0) is 0 Å². The molecule has 1 aromatic rings. The fourth-order valence-corrected chi connectivity index (χ4v) is 1.03. The smallest absolute Gasteiger partial charge is 0.118 e. The van der Waals surface area contributed by atoms with Crippen LogP contribution in [0.1, 0.15) is 5.56 Å². The Kier molecular flexibility index (Phi) is 3.77. The Balaban J connectivity index is 2.75. The lowest BCUT2D eigenvalue weighted by molar-refractivity contribution is 0.415. The maximum atomic E-state index is 5.04. The minimum absolute atomic E-state index is 0.864. The largest absolute Gasteiger partial charge is 0.497 e. The second-order valence-electron chi connectivity index (χ2n) is 2.55. The van der Waals surface area contributed by atoms with Crippen molar-refractivity contribution in [2.45, 2.75) is 0 Å². The Labute approximate surface area is 86.9 Å². The van der Waals surface area contributed by atoms with E-state index in [0.29, 0.717) is 0 Å². The topological polar surface area (TPSA) is 9.23 Å². The molecule has 0 radical (unpaired) electrons. The molecule has 0 saturated heterocycles. The zero-order chi connectivity index (χ0) is 9.68. The normalized spacial score (nSPS) is 10.3. The zero-order valence-electron chi connectivity index (χ0n) is 7.46. The predicted molar refractivity (Wildman–Crippen MR) is 60.1 cm³/mol. The van der Waals surface area contributed by atoms with E-state index in [1.54, 1.807) is 7.11 Å². The van der Waals surface area contributed by atoms with Gasteiger partial charge in [0.15, 0.2) is 0 Å². The third-order valence-corrected chi connectivity index (χ3v) is 1.84. The molecule has 0 aliphatic rings. The Hall–Kier alpha value is -1.02. The molecule has 0 bridgehead atoms. The second-order valence-corrected chi connectivity index (χ2v) is 3.57. The van der Waals surface area contributed by atoms with Crippen molar-refractivity contribution in [3.05, 3.63) is 47.0 Å². The molecule has 13 heavy (non-hydrogen) atoms. The van der Waals surface area contributed by atoms with Crippen molar-refractivity contribution in [2.24, 2.45) is 0 Å². The van der Waals surface area contributed by atoms with Gasteiger partial charge in [-0.3, -0.25) is 0 Å². The van der Waals surface area contributed by atoms with Gasteiger partial charge in [0.1, 0.15) is 5.75 Å². The average molecular weight is 239 g/mol. The first-order chi connectivity index (χ1) is 6.22. The van der Waals surface area contributed by atoms with E-state index >= 15 is 0 Å². The molecule has 0 fully saturated rings. The van der Waals surface area contributed by atoms with Crippen LogP contribution < -0.4 is 4.74 Å². The SMILES string of the molecule is C=C(Br)/C=C/c1ccc(OC)cc1. The van der Waals surface area contributed by atoms with Gasteiger partial charge in [0.05, 0.1) is 7.11 Å². The molecule has 0 atom stereocenters. The molecule has 0 heterocycles. The fourth-order valence-electron chi connectivity index (χ4n) is 0.902. The van der Waals surface area contributed by atoms with E-state index in [4.69, 9.17) is 4.74 Å². The minimum Gasteiger partial charge on any atom is -0.497 e. The first-order valence-electron chi connectivity index (χ1n) is 3.89. The lowest BCUT2D eigenvalue weighted by atomic mass is 10.2. The molecule has 0 aliphatic heterocycles. The van der Waals surface area contributed by atoms with Crippen LogP contribution in [0.5, 0.6) is 5.75 Å². The Morgan fingerprint density at radius 3 is 2.46 bits per heavy atom. The first-order valence-corrected chi connectivity index (χ1v) is 4.68. The molecule has 0 N–H and O–H groups in total. The number of benzene rings is 1. The molecule has 1 nitrogen and oxygen atoms in total. The van der Waals surface area contributed by atoms with E-state index in [1.807, 2.05) is 36.4 Å². The fraction of sp³-hybridized carbons (Fsp3) is 0.0909. The van der Waals surface area contributed by atoms with Crippen molar-refractivity contribution in [2.75, 3.05) is 7.11 Å². The van der Waals surface area contributed by atoms with E-state index in [2.05, 4.69) is 22.5 Å². The molecule has 68 valence electrons. The number of rotatable bonds is 3. The molecule has 0 aromatic heterocycles. The molecule has 0 saturated carbocycles. The van der Waals surface area contributed by atoms with Gasteiger partial charge in [-0.25, -0.2) is 0 Å². The molecular formula is C11H11BrO. The molecule has 1 rings (SSSR count). The summed E-state index contributed by atoms with van der Waals surface area (Å²) in [5.74, 6) is 0.870. The predicted octanol–water partition coefficient (Wildman–Crippen LogP) is 3.62. The maximum absolute atomic E-state index is 5.04. The minimum atomic E-state index is 0.864. The Bertz CT molecular complexity index is 311. The third kappa shape index (κ3) is 3.47. The highest BCUT2D eigenvalue weighted by Gasteiger charge is 1.89. The quantitative estimate of drug-likeness (QED) is 0.732. The molecule has 0 unspecified atom stereocenters. The summed E-state index contributed by atoms with van der Waals surface area (Å²) in [6.45, 7) is 3.71. The third-order valence-electron chi connectivity index (χ3n) is 1.57. The van der Waals surface area contributed by atoms with Crippen molar-refractivity contribution in [3.63, 3.8) is 0 Å². The summed E-state index contributed by atoms with van der Waals surface area (Å²) in [6.07, 6.45) is 3.89. The Morgan fingerprint density at radius 2 is 2.00 bits per heavy atom. The summed E-state index contributed by atoms with van der Waals surface area (Å²) >= 11 is 3.25. The number of hydrogen-bond donors (Lipinski definition) is 0. The maximum Gasteiger partial charge on any atom is 0.118 e. The highest BCUT2D eigenvalue weighted by molar-refractivity contribution is 9.11. The molecular weight excluding hydrogens is 228 g/mol.